The van der Waals surface area contributed by atoms with Crippen molar-refractivity contribution in [3.8, 4) is 0 Å². The molecule has 0 bridgehead atoms. The number of nitrogens with one attached hydrogen (secondary N) is 1. The molecule has 1 amide bonds. The zero-order valence-corrected chi connectivity index (χ0v) is 26.3. The summed E-state index contributed by atoms with van der Waals surface area (Å²) in [7, 11) is -4.32. The molecule has 0 saturated carbocycles. The Morgan fingerprint density at radius 1 is 0.667 bits per heavy atom. The minimum atomic E-state index is -4.32. The van der Waals surface area contributed by atoms with Crippen molar-refractivity contribution in [2.24, 2.45) is 0 Å². The summed E-state index contributed by atoms with van der Waals surface area (Å²) >= 11 is 0. The maximum atomic E-state index is 12.3. The molecule has 0 aromatic carbocycles. The van der Waals surface area contributed by atoms with Crippen molar-refractivity contribution < 1.29 is 22.9 Å². The van der Waals surface area contributed by atoms with E-state index < -0.39 is 28.0 Å². The van der Waals surface area contributed by atoms with Crippen LogP contribution >= 0.6 is 0 Å². The lowest BCUT2D eigenvalue weighted by molar-refractivity contribution is -0.122. The van der Waals surface area contributed by atoms with E-state index in [1.807, 2.05) is 6.08 Å². The summed E-state index contributed by atoms with van der Waals surface area (Å²) in [6.07, 6.45) is 30.6. The first-order chi connectivity index (χ1) is 18.8. The van der Waals surface area contributed by atoms with E-state index in [9.17, 15) is 22.9 Å². The summed E-state index contributed by atoms with van der Waals surface area (Å²) in [5.41, 5.74) is 0. The van der Waals surface area contributed by atoms with Crippen molar-refractivity contribution in [3.63, 3.8) is 0 Å². The maximum absolute atomic E-state index is 12.3. The molecule has 2 unspecified atom stereocenters. The highest BCUT2D eigenvalue weighted by Crippen LogP contribution is 2.14. The van der Waals surface area contributed by atoms with E-state index in [4.69, 9.17) is 0 Å². The fraction of sp³-hybridized carbons (Fsp3) is 0.906. The third-order valence-corrected chi connectivity index (χ3v) is 8.24. The van der Waals surface area contributed by atoms with Crippen LogP contribution in [0, 0.1) is 0 Å². The minimum Gasteiger partial charge on any atom is -0.387 e. The van der Waals surface area contributed by atoms with Crippen LogP contribution in [0.2, 0.25) is 0 Å². The number of allylic oxidation sites excluding steroid dienone is 1. The Kier molecular flexibility index (Phi) is 26.6. The van der Waals surface area contributed by atoms with Crippen LogP contribution in [0.4, 0.5) is 0 Å². The molecule has 6 nitrogen and oxygen atoms in total. The van der Waals surface area contributed by atoms with Crippen LogP contribution < -0.4 is 5.32 Å². The molecule has 0 aliphatic rings. The molecule has 7 heteroatoms. The number of carbonyl (C=O) groups excluding carboxylic acids is 1. The predicted octanol–water partition coefficient (Wildman–Crippen LogP) is 8.68. The Morgan fingerprint density at radius 3 is 1.46 bits per heavy atom. The normalized spacial score (nSPS) is 13.6. The first kappa shape index (κ1) is 38.1. The van der Waals surface area contributed by atoms with E-state index in [0.717, 1.165) is 38.5 Å². The average Bonchev–Trinajstić information content (AvgIpc) is 2.88. The molecular weight excluding hydrogens is 510 g/mol. The quantitative estimate of drug-likeness (QED) is 0.0472. The molecule has 0 heterocycles. The van der Waals surface area contributed by atoms with Crippen LogP contribution in [-0.2, 0) is 14.9 Å². The first-order valence-corrected chi connectivity index (χ1v) is 18.0. The number of aliphatic hydroxyl groups is 1. The Hall–Kier alpha value is -0.920. The van der Waals surface area contributed by atoms with Crippen molar-refractivity contribution in [1.82, 2.24) is 5.32 Å². The van der Waals surface area contributed by atoms with E-state index in [2.05, 4.69) is 19.2 Å². The average molecular weight is 574 g/mol. The van der Waals surface area contributed by atoms with Gasteiger partial charge in [0.2, 0.25) is 5.91 Å². The van der Waals surface area contributed by atoms with Crippen LogP contribution in [0.3, 0.4) is 0 Å². The molecule has 0 aromatic heterocycles. The molecule has 3 N–H and O–H groups in total. The van der Waals surface area contributed by atoms with E-state index in [1.165, 1.54) is 109 Å². The summed E-state index contributed by atoms with van der Waals surface area (Å²) in [4.78, 5) is 12.3. The van der Waals surface area contributed by atoms with Gasteiger partial charge in [-0.25, -0.2) is 0 Å². The van der Waals surface area contributed by atoms with Crippen molar-refractivity contribution in [1.29, 1.82) is 0 Å². The highest BCUT2D eigenvalue weighted by atomic mass is 32.2. The lowest BCUT2D eigenvalue weighted by Crippen LogP contribution is -2.46. The third kappa shape index (κ3) is 28.4. The zero-order valence-electron chi connectivity index (χ0n) is 25.5. The molecule has 232 valence electrons. The standard InChI is InChI=1S/C32H63NO5S/c1-3-5-7-9-11-13-14-15-16-17-18-19-20-21-23-25-27-31(34)30(29-39(36,37)38)33-32(35)28-26-24-22-12-10-8-6-4-2/h25,27,30-31,34H,3-24,26,28-29H2,1-2H3,(H,33,35)(H,36,37,38)/b27-25+. The van der Waals surface area contributed by atoms with Gasteiger partial charge in [0.15, 0.2) is 0 Å². The number of hydrogen-bond donors (Lipinski definition) is 3. The van der Waals surface area contributed by atoms with Gasteiger partial charge >= 0.3 is 0 Å². The summed E-state index contributed by atoms with van der Waals surface area (Å²) in [6.45, 7) is 4.46. The maximum Gasteiger partial charge on any atom is 0.267 e. The molecule has 0 spiro atoms. The van der Waals surface area contributed by atoms with E-state index in [-0.39, 0.29) is 5.91 Å². The molecule has 0 rings (SSSR count). The second-order valence-electron chi connectivity index (χ2n) is 11.5. The lowest BCUT2D eigenvalue weighted by atomic mass is 10.0. The van der Waals surface area contributed by atoms with Gasteiger partial charge in [-0.1, -0.05) is 154 Å². The van der Waals surface area contributed by atoms with Gasteiger partial charge in [-0.3, -0.25) is 9.35 Å². The summed E-state index contributed by atoms with van der Waals surface area (Å²) in [5.74, 6) is -0.977. The molecule has 0 radical (unpaired) electrons. The first-order valence-electron chi connectivity index (χ1n) is 16.4. The molecular formula is C32H63NO5S. The molecule has 0 aliphatic carbocycles. The van der Waals surface area contributed by atoms with Gasteiger partial charge in [-0.05, 0) is 19.3 Å². The van der Waals surface area contributed by atoms with Crippen molar-refractivity contribution in [2.75, 3.05) is 5.75 Å². The molecule has 39 heavy (non-hydrogen) atoms. The van der Waals surface area contributed by atoms with Gasteiger partial charge in [-0.2, -0.15) is 8.42 Å². The SMILES string of the molecule is CCCCCCCCCCCCCCCC/C=C/C(O)C(CS(=O)(=O)O)NC(=O)CCCCCCCCCC. The molecule has 0 saturated heterocycles. The Labute approximate surface area is 241 Å². The van der Waals surface area contributed by atoms with Crippen molar-refractivity contribution in [3.05, 3.63) is 12.2 Å². The lowest BCUT2D eigenvalue weighted by Gasteiger charge is -2.21. The van der Waals surface area contributed by atoms with E-state index in [0.29, 0.717) is 6.42 Å². The Balaban J connectivity index is 3.99. The fourth-order valence-corrected chi connectivity index (χ4v) is 5.71. The molecule has 0 fully saturated rings. The second kappa shape index (κ2) is 27.3. The van der Waals surface area contributed by atoms with Crippen LogP contribution in [0.25, 0.3) is 0 Å². The minimum absolute atomic E-state index is 0.283. The summed E-state index contributed by atoms with van der Waals surface area (Å²) in [6, 6.07) is -1.05. The van der Waals surface area contributed by atoms with Crippen LogP contribution in [0.1, 0.15) is 168 Å². The van der Waals surface area contributed by atoms with Crippen LogP contribution in [0.15, 0.2) is 12.2 Å². The highest BCUT2D eigenvalue weighted by molar-refractivity contribution is 7.85. The Bertz CT molecular complexity index is 680. The molecule has 2 atom stereocenters. The smallest absolute Gasteiger partial charge is 0.267 e. The molecule has 0 aliphatic heterocycles. The highest BCUT2D eigenvalue weighted by Gasteiger charge is 2.24. The van der Waals surface area contributed by atoms with Gasteiger partial charge in [0.25, 0.3) is 10.1 Å². The van der Waals surface area contributed by atoms with Crippen molar-refractivity contribution >= 4 is 16.0 Å². The van der Waals surface area contributed by atoms with Gasteiger partial charge in [0, 0.05) is 6.42 Å². The summed E-state index contributed by atoms with van der Waals surface area (Å²) < 4.78 is 32.1. The van der Waals surface area contributed by atoms with Gasteiger partial charge in [-0.15, -0.1) is 0 Å². The largest absolute Gasteiger partial charge is 0.387 e. The number of amides is 1. The zero-order chi connectivity index (χ0) is 29.0. The Morgan fingerprint density at radius 2 is 1.05 bits per heavy atom. The molecule has 0 aromatic rings. The van der Waals surface area contributed by atoms with Gasteiger partial charge < -0.3 is 10.4 Å². The topological polar surface area (TPSA) is 104 Å². The summed E-state index contributed by atoms with van der Waals surface area (Å²) in [5, 5.41) is 13.1. The fourth-order valence-electron chi connectivity index (χ4n) is 4.98. The van der Waals surface area contributed by atoms with E-state index >= 15 is 0 Å². The number of carbonyl (C=O) groups is 1. The number of rotatable bonds is 29. The van der Waals surface area contributed by atoms with Crippen LogP contribution in [-0.4, -0.2) is 41.9 Å². The number of hydrogen-bond acceptors (Lipinski definition) is 4. The number of aliphatic hydroxyl groups excluding tert-OH is 1. The van der Waals surface area contributed by atoms with Crippen LogP contribution in [0.5, 0.6) is 0 Å². The number of unbranched alkanes of at least 4 members (excludes halogenated alkanes) is 21. The monoisotopic (exact) mass is 573 g/mol. The predicted molar refractivity (Wildman–Crippen MR) is 166 cm³/mol. The van der Waals surface area contributed by atoms with Gasteiger partial charge in [0.05, 0.1) is 17.9 Å². The second-order valence-corrected chi connectivity index (χ2v) is 12.9. The van der Waals surface area contributed by atoms with Gasteiger partial charge in [0.1, 0.15) is 0 Å². The van der Waals surface area contributed by atoms with E-state index in [1.54, 1.807) is 6.08 Å². The third-order valence-electron chi connectivity index (χ3n) is 7.46. The van der Waals surface area contributed by atoms with Crippen molar-refractivity contribution in [2.45, 2.75) is 180 Å².